The quantitative estimate of drug-likeness (QED) is 0.673. The number of hydrogen-bond donors (Lipinski definition) is 1. The molecule has 3 rings (SSSR count). The van der Waals surface area contributed by atoms with Crippen LogP contribution >= 0.6 is 0 Å². The summed E-state index contributed by atoms with van der Waals surface area (Å²) in [5, 5.41) is 0. The van der Waals surface area contributed by atoms with Crippen molar-refractivity contribution in [2.75, 3.05) is 38.2 Å². The fraction of sp³-hybridized carbons (Fsp3) is 0.316. The van der Waals surface area contributed by atoms with Gasteiger partial charge in [-0.1, -0.05) is 6.07 Å². The Morgan fingerprint density at radius 2 is 1.77 bits per heavy atom. The summed E-state index contributed by atoms with van der Waals surface area (Å²) in [6.07, 6.45) is 0. The summed E-state index contributed by atoms with van der Waals surface area (Å²) in [6, 6.07) is 11.2. The second-order valence-corrected chi connectivity index (χ2v) is 6.09. The summed E-state index contributed by atoms with van der Waals surface area (Å²) in [4.78, 5) is 8.55. The first-order chi connectivity index (χ1) is 12.6. The van der Waals surface area contributed by atoms with Crippen LogP contribution in [0.2, 0.25) is 0 Å². The Labute approximate surface area is 151 Å². The van der Waals surface area contributed by atoms with Crippen molar-refractivity contribution in [3.63, 3.8) is 0 Å². The van der Waals surface area contributed by atoms with Gasteiger partial charge in [-0.15, -0.1) is 0 Å². The van der Waals surface area contributed by atoms with Crippen molar-refractivity contribution in [2.45, 2.75) is 6.54 Å². The third-order valence-corrected chi connectivity index (χ3v) is 4.44. The van der Waals surface area contributed by atoms with Crippen LogP contribution in [-0.4, -0.2) is 44.1 Å². The molecule has 2 aromatic rings. The molecule has 0 amide bonds. The minimum absolute atomic E-state index is 0.211. The minimum Gasteiger partial charge on any atom is -0.494 e. The van der Waals surface area contributed by atoms with Crippen molar-refractivity contribution >= 4 is 11.6 Å². The number of benzene rings is 2. The largest absolute Gasteiger partial charge is 0.494 e. The van der Waals surface area contributed by atoms with E-state index in [-0.39, 0.29) is 11.6 Å². The Kier molecular flexibility index (Phi) is 5.55. The third-order valence-electron chi connectivity index (χ3n) is 4.44. The van der Waals surface area contributed by atoms with Gasteiger partial charge in [0.25, 0.3) is 0 Å². The first-order valence-electron chi connectivity index (χ1n) is 8.44. The minimum atomic E-state index is -0.410. The number of piperazine rings is 1. The number of anilines is 1. The molecule has 0 atom stereocenters. The van der Waals surface area contributed by atoms with Gasteiger partial charge in [0.1, 0.15) is 5.82 Å². The Hall–Kier alpha value is -2.83. The van der Waals surface area contributed by atoms with E-state index in [0.717, 1.165) is 37.4 Å². The van der Waals surface area contributed by atoms with Crippen molar-refractivity contribution in [1.82, 2.24) is 4.90 Å². The van der Waals surface area contributed by atoms with Crippen molar-refractivity contribution in [3.8, 4) is 5.75 Å². The van der Waals surface area contributed by atoms with Crippen LogP contribution in [0.5, 0.6) is 5.75 Å². The van der Waals surface area contributed by atoms with E-state index in [1.165, 1.54) is 25.3 Å². The second-order valence-electron chi connectivity index (χ2n) is 6.09. The lowest BCUT2D eigenvalue weighted by Crippen LogP contribution is -2.51. The molecular weight excluding hydrogens is 338 g/mol. The molecule has 7 heteroatoms. The summed E-state index contributed by atoms with van der Waals surface area (Å²) < 4.78 is 31.6. The van der Waals surface area contributed by atoms with Crippen LogP contribution in [0.3, 0.4) is 0 Å². The zero-order valence-electron chi connectivity index (χ0n) is 14.7. The summed E-state index contributed by atoms with van der Waals surface area (Å²) in [6.45, 7) is 3.32. The third kappa shape index (κ3) is 4.22. The van der Waals surface area contributed by atoms with E-state index >= 15 is 0 Å². The van der Waals surface area contributed by atoms with Gasteiger partial charge in [0.15, 0.2) is 17.5 Å². The Morgan fingerprint density at radius 1 is 1.08 bits per heavy atom. The van der Waals surface area contributed by atoms with Crippen molar-refractivity contribution in [2.24, 2.45) is 10.7 Å². The molecule has 0 aliphatic carbocycles. The van der Waals surface area contributed by atoms with Gasteiger partial charge in [0, 0.05) is 31.9 Å². The van der Waals surface area contributed by atoms with Gasteiger partial charge >= 0.3 is 0 Å². The summed E-state index contributed by atoms with van der Waals surface area (Å²) in [5.74, 6) is 0.00742. The van der Waals surface area contributed by atoms with Crippen LogP contribution in [-0.2, 0) is 6.54 Å². The molecule has 2 N–H and O–H groups in total. The normalized spacial score (nSPS) is 15.3. The number of nitrogens with zero attached hydrogens (tertiary/aromatic N) is 3. The summed E-state index contributed by atoms with van der Waals surface area (Å²) in [5.41, 5.74) is 7.81. The molecule has 1 heterocycles. The maximum Gasteiger partial charge on any atom is 0.191 e. The Morgan fingerprint density at radius 3 is 2.38 bits per heavy atom. The first kappa shape index (κ1) is 18.0. The van der Waals surface area contributed by atoms with E-state index in [2.05, 4.69) is 9.89 Å². The molecule has 2 aromatic carbocycles. The number of halogens is 2. The molecule has 1 saturated heterocycles. The average molecular weight is 360 g/mol. The van der Waals surface area contributed by atoms with Crippen LogP contribution in [0, 0.1) is 11.6 Å². The maximum atomic E-state index is 13.7. The lowest BCUT2D eigenvalue weighted by Gasteiger charge is -2.36. The molecular formula is C19H22F2N4O. The topological polar surface area (TPSA) is 54.1 Å². The molecule has 5 nitrogen and oxygen atoms in total. The highest BCUT2D eigenvalue weighted by Gasteiger charge is 2.18. The summed E-state index contributed by atoms with van der Waals surface area (Å²) >= 11 is 0. The van der Waals surface area contributed by atoms with Gasteiger partial charge < -0.3 is 20.3 Å². The number of nitrogens with two attached hydrogens (primary N) is 1. The van der Waals surface area contributed by atoms with Crippen LogP contribution in [0.1, 0.15) is 5.56 Å². The highest BCUT2D eigenvalue weighted by atomic mass is 19.1. The van der Waals surface area contributed by atoms with Gasteiger partial charge in [-0.2, -0.15) is 0 Å². The molecule has 1 fully saturated rings. The first-order valence-corrected chi connectivity index (χ1v) is 8.44. The molecule has 0 aromatic heterocycles. The van der Waals surface area contributed by atoms with Gasteiger partial charge in [-0.05, 0) is 42.0 Å². The lowest BCUT2D eigenvalue weighted by atomic mass is 10.2. The maximum absolute atomic E-state index is 13.7. The number of aliphatic imine (C=N–C) groups is 1. The zero-order valence-corrected chi connectivity index (χ0v) is 14.7. The number of hydrogen-bond acceptors (Lipinski definition) is 3. The van der Waals surface area contributed by atoms with Crippen LogP contribution < -0.4 is 15.4 Å². The van der Waals surface area contributed by atoms with E-state index < -0.39 is 5.82 Å². The molecule has 26 heavy (non-hydrogen) atoms. The fourth-order valence-electron chi connectivity index (χ4n) is 2.93. The molecule has 1 aliphatic rings. The van der Waals surface area contributed by atoms with Gasteiger partial charge in [-0.3, -0.25) is 0 Å². The SMILES string of the molecule is COc1ccc(CN=C(N)N2CCN(c3ccc(F)cc3)CC2)cc1F. The molecule has 0 bridgehead atoms. The molecule has 1 aliphatic heterocycles. The van der Waals surface area contributed by atoms with Crippen molar-refractivity contribution in [1.29, 1.82) is 0 Å². The fourth-order valence-corrected chi connectivity index (χ4v) is 2.93. The van der Waals surface area contributed by atoms with E-state index in [4.69, 9.17) is 10.5 Å². The van der Waals surface area contributed by atoms with E-state index in [1.54, 1.807) is 24.3 Å². The molecule has 0 saturated carbocycles. The Bertz CT molecular complexity index is 772. The zero-order chi connectivity index (χ0) is 18.5. The highest BCUT2D eigenvalue weighted by Crippen LogP contribution is 2.19. The monoisotopic (exact) mass is 360 g/mol. The van der Waals surface area contributed by atoms with E-state index in [0.29, 0.717) is 12.5 Å². The van der Waals surface area contributed by atoms with Crippen LogP contribution in [0.4, 0.5) is 14.5 Å². The predicted molar refractivity (Wildman–Crippen MR) is 98.5 cm³/mol. The van der Waals surface area contributed by atoms with E-state index in [9.17, 15) is 8.78 Å². The van der Waals surface area contributed by atoms with Gasteiger partial charge in [-0.25, -0.2) is 13.8 Å². The van der Waals surface area contributed by atoms with Gasteiger partial charge in [0.2, 0.25) is 0 Å². The smallest absolute Gasteiger partial charge is 0.191 e. The van der Waals surface area contributed by atoms with Gasteiger partial charge in [0.05, 0.1) is 13.7 Å². The molecule has 0 radical (unpaired) electrons. The molecule has 0 unspecified atom stereocenters. The average Bonchev–Trinajstić information content (AvgIpc) is 2.67. The number of methoxy groups -OCH3 is 1. The number of ether oxygens (including phenoxy) is 1. The lowest BCUT2D eigenvalue weighted by molar-refractivity contribution is 0.380. The number of rotatable bonds is 4. The summed E-state index contributed by atoms with van der Waals surface area (Å²) in [7, 11) is 1.43. The predicted octanol–water partition coefficient (Wildman–Crippen LogP) is 2.61. The molecule has 0 spiro atoms. The Balaban J connectivity index is 1.56. The highest BCUT2D eigenvalue weighted by molar-refractivity contribution is 5.78. The molecule has 138 valence electrons. The number of guanidine groups is 1. The van der Waals surface area contributed by atoms with Crippen molar-refractivity contribution in [3.05, 3.63) is 59.7 Å². The van der Waals surface area contributed by atoms with E-state index in [1.807, 2.05) is 4.90 Å². The van der Waals surface area contributed by atoms with Crippen LogP contribution in [0.15, 0.2) is 47.5 Å². The van der Waals surface area contributed by atoms with Crippen molar-refractivity contribution < 1.29 is 13.5 Å². The standard InChI is InChI=1S/C19H22F2N4O/c1-26-18-7-2-14(12-17(18)21)13-23-19(22)25-10-8-24(9-11-25)16-5-3-15(20)4-6-16/h2-7,12H,8-11,13H2,1H3,(H2,22,23). The second kappa shape index (κ2) is 8.03. The van der Waals surface area contributed by atoms with Crippen LogP contribution in [0.25, 0.3) is 0 Å².